The predicted molar refractivity (Wildman–Crippen MR) is 193 cm³/mol. The Morgan fingerprint density at radius 1 is 1.15 bits per heavy atom. The highest BCUT2D eigenvalue weighted by Gasteiger charge is 2.49. The molecule has 1 saturated carbocycles. The first-order valence-corrected chi connectivity index (χ1v) is 16.9. The molecule has 1 saturated heterocycles. The maximum Gasteiger partial charge on any atom is 0.410 e. The van der Waals surface area contributed by atoms with Crippen LogP contribution in [0.15, 0.2) is 66.5 Å². The van der Waals surface area contributed by atoms with Gasteiger partial charge in [-0.2, -0.15) is 0 Å². The second-order valence-corrected chi connectivity index (χ2v) is 12.5. The monoisotopic (exact) mass is 670 g/mol. The summed E-state index contributed by atoms with van der Waals surface area (Å²) in [7, 11) is 1.68. The lowest BCUT2D eigenvalue weighted by molar-refractivity contribution is 0.0477. The Kier molecular flexibility index (Phi) is 16.1. The molecule has 0 spiro atoms. The zero-order valence-corrected chi connectivity index (χ0v) is 30.0. The van der Waals surface area contributed by atoms with Crippen molar-refractivity contribution in [3.8, 4) is 0 Å². The van der Waals surface area contributed by atoms with Gasteiger partial charge in [0.05, 0.1) is 18.5 Å². The summed E-state index contributed by atoms with van der Waals surface area (Å²) in [5.74, 6) is 0.240. The summed E-state index contributed by atoms with van der Waals surface area (Å²) in [4.78, 5) is 33.8. The van der Waals surface area contributed by atoms with E-state index < -0.39 is 17.7 Å². The SMILES string of the molecule is C=C1C=C(C(/C=C/NC=NC)NC(=O)OC2(C(C)C)CC2)c2cc(Cl)ccc2C(N2CCN(C(=O)OC(C)C)CC2)C1.C=CN.CC. The number of carbonyl (C=O) groups is 2. The van der Waals surface area contributed by atoms with Crippen molar-refractivity contribution in [3.63, 3.8) is 0 Å². The van der Waals surface area contributed by atoms with Crippen LogP contribution < -0.4 is 16.4 Å². The van der Waals surface area contributed by atoms with Crippen LogP contribution in [-0.2, 0) is 9.47 Å². The van der Waals surface area contributed by atoms with Crippen molar-refractivity contribution in [1.29, 1.82) is 0 Å². The topological polar surface area (TPSA) is 122 Å². The zero-order valence-electron chi connectivity index (χ0n) is 29.2. The molecule has 2 unspecified atom stereocenters. The largest absolute Gasteiger partial charge is 0.447 e. The molecule has 1 aromatic rings. The summed E-state index contributed by atoms with van der Waals surface area (Å²) in [5, 5.41) is 6.71. The Bertz CT molecular complexity index is 1300. The first-order valence-electron chi connectivity index (χ1n) is 16.5. The molecule has 3 aliphatic rings. The Morgan fingerprint density at radius 3 is 2.34 bits per heavy atom. The molecule has 0 bridgehead atoms. The van der Waals surface area contributed by atoms with Crippen molar-refractivity contribution < 1.29 is 19.1 Å². The molecular weight excluding hydrogens is 616 g/mol. The highest BCUT2D eigenvalue weighted by Crippen LogP contribution is 2.46. The number of hydrogen-bond donors (Lipinski definition) is 3. The molecule has 11 heteroatoms. The molecule has 0 radical (unpaired) electrons. The van der Waals surface area contributed by atoms with Crippen LogP contribution >= 0.6 is 11.6 Å². The lowest BCUT2D eigenvalue weighted by atomic mass is 9.91. The van der Waals surface area contributed by atoms with E-state index in [-0.39, 0.29) is 24.2 Å². The van der Waals surface area contributed by atoms with Crippen molar-refractivity contribution in [3.05, 3.63) is 77.6 Å². The number of alkyl carbamates (subject to hydrolysis) is 1. The number of carbonyl (C=O) groups excluding carboxylic acids is 2. The van der Waals surface area contributed by atoms with Crippen LogP contribution in [0.3, 0.4) is 0 Å². The number of nitrogens with two attached hydrogens (primary N) is 1. The van der Waals surface area contributed by atoms with E-state index in [1.165, 1.54) is 6.20 Å². The fourth-order valence-electron chi connectivity index (χ4n) is 5.62. The van der Waals surface area contributed by atoms with Crippen molar-refractivity contribution in [2.75, 3.05) is 33.2 Å². The Morgan fingerprint density at radius 2 is 1.79 bits per heavy atom. The molecule has 4 rings (SSSR count). The van der Waals surface area contributed by atoms with Gasteiger partial charge in [-0.25, -0.2) is 9.59 Å². The number of nitrogens with one attached hydrogen (secondary N) is 2. The molecule has 1 aliphatic heterocycles. The molecule has 47 heavy (non-hydrogen) atoms. The van der Waals surface area contributed by atoms with E-state index in [4.69, 9.17) is 21.1 Å². The van der Waals surface area contributed by atoms with Crippen LogP contribution in [0.25, 0.3) is 5.57 Å². The highest BCUT2D eigenvalue weighted by molar-refractivity contribution is 6.30. The number of halogens is 1. The van der Waals surface area contributed by atoms with Gasteiger partial charge in [0.2, 0.25) is 0 Å². The number of ether oxygens (including phenoxy) is 2. The molecular formula is C36H55ClN6O4. The number of amides is 2. The lowest BCUT2D eigenvalue weighted by Gasteiger charge is -2.39. The molecule has 2 fully saturated rings. The summed E-state index contributed by atoms with van der Waals surface area (Å²) in [6.07, 6.45) is 10.0. The third-order valence-corrected chi connectivity index (χ3v) is 8.37. The molecule has 2 aliphatic carbocycles. The molecule has 10 nitrogen and oxygen atoms in total. The van der Waals surface area contributed by atoms with Crippen LogP contribution in [-0.4, -0.2) is 79.3 Å². The fraction of sp³-hybridized carbons (Fsp3) is 0.528. The first kappa shape index (κ1) is 39.4. The summed E-state index contributed by atoms with van der Waals surface area (Å²) >= 11 is 6.57. The van der Waals surface area contributed by atoms with Crippen molar-refractivity contribution in [2.24, 2.45) is 16.6 Å². The molecule has 2 amide bonds. The normalized spacial score (nSPS) is 19.4. The van der Waals surface area contributed by atoms with Crippen LogP contribution in [0.5, 0.6) is 0 Å². The molecule has 0 aromatic heterocycles. The van der Waals surface area contributed by atoms with E-state index >= 15 is 0 Å². The molecule has 260 valence electrons. The number of aliphatic imine (C=N–C) groups is 1. The maximum absolute atomic E-state index is 13.2. The Labute approximate surface area is 286 Å². The van der Waals surface area contributed by atoms with Gasteiger partial charge in [-0.3, -0.25) is 9.89 Å². The number of rotatable bonds is 9. The van der Waals surface area contributed by atoms with Crippen LogP contribution in [0, 0.1) is 5.92 Å². The minimum absolute atomic E-state index is 0.0272. The quantitative estimate of drug-likeness (QED) is 0.190. The Hall–Kier alpha value is -3.76. The Balaban J connectivity index is 0.00000145. The average Bonchev–Trinajstić information content (AvgIpc) is 3.83. The molecule has 1 aromatic carbocycles. The fourth-order valence-corrected chi connectivity index (χ4v) is 5.79. The van der Waals surface area contributed by atoms with E-state index in [1.54, 1.807) is 24.5 Å². The third kappa shape index (κ3) is 11.5. The van der Waals surface area contributed by atoms with Gasteiger partial charge < -0.3 is 30.7 Å². The smallest absolute Gasteiger partial charge is 0.410 e. The van der Waals surface area contributed by atoms with Gasteiger partial charge in [0.25, 0.3) is 0 Å². The van der Waals surface area contributed by atoms with Crippen LogP contribution in [0.4, 0.5) is 9.59 Å². The summed E-state index contributed by atoms with van der Waals surface area (Å²) < 4.78 is 11.4. The van der Waals surface area contributed by atoms with E-state index in [1.807, 2.05) is 52.0 Å². The number of fused-ring (bicyclic) bond motifs is 1. The lowest BCUT2D eigenvalue weighted by Crippen LogP contribution is -2.50. The molecule has 1 heterocycles. The van der Waals surface area contributed by atoms with Gasteiger partial charge in [-0.1, -0.05) is 70.2 Å². The third-order valence-electron chi connectivity index (χ3n) is 8.14. The van der Waals surface area contributed by atoms with E-state index in [2.05, 4.69) is 59.3 Å². The summed E-state index contributed by atoms with van der Waals surface area (Å²) in [5.41, 5.74) is 8.05. The second-order valence-electron chi connectivity index (χ2n) is 12.0. The summed E-state index contributed by atoms with van der Waals surface area (Å²) in [6, 6.07) is 5.43. The van der Waals surface area contributed by atoms with Gasteiger partial charge in [0.15, 0.2) is 0 Å². The van der Waals surface area contributed by atoms with Crippen molar-refractivity contribution >= 4 is 35.7 Å². The van der Waals surface area contributed by atoms with Crippen LogP contribution in [0.1, 0.15) is 78.0 Å². The zero-order chi connectivity index (χ0) is 35.1. The first-order chi connectivity index (χ1) is 22.4. The van der Waals surface area contributed by atoms with Gasteiger partial charge in [0.1, 0.15) is 5.60 Å². The second kappa shape index (κ2) is 19.2. The standard InChI is InChI=1S/C32H44ClN5O4.C2H5N.C2H6/c1-21(2)32(10-11-32)42-30(39)36-28(9-12-35-20-34-6)27-17-23(5)18-29(25-8-7-24(33)19-26(25)27)37-13-15-38(16-14-37)31(40)41-22(3)4;1-2-3;1-2/h7-9,12,17,19-22,28-29H,5,10-11,13-16,18H2,1-4,6H3,(H,34,35)(H,36,39);2H,1,3H2;1-2H3/b12-9+;;. The maximum atomic E-state index is 13.2. The number of hydrogen-bond acceptors (Lipinski definition) is 7. The van der Waals surface area contributed by atoms with Crippen LogP contribution in [0.2, 0.25) is 5.02 Å². The summed E-state index contributed by atoms with van der Waals surface area (Å²) in [6.45, 7) is 22.0. The number of piperazine rings is 1. The molecule has 2 atom stereocenters. The number of benzene rings is 1. The molecule has 4 N–H and O–H groups in total. The van der Waals surface area contributed by atoms with Gasteiger partial charge in [0, 0.05) is 50.5 Å². The van der Waals surface area contributed by atoms with Gasteiger partial charge in [-0.05, 0) is 80.1 Å². The minimum Gasteiger partial charge on any atom is -0.447 e. The van der Waals surface area contributed by atoms with Crippen molar-refractivity contribution in [2.45, 2.75) is 84.6 Å². The number of nitrogens with zero attached hydrogens (tertiary/aromatic N) is 3. The van der Waals surface area contributed by atoms with E-state index in [0.717, 1.165) is 35.1 Å². The number of allylic oxidation sites excluding steroid dienone is 1. The average molecular weight is 671 g/mol. The minimum atomic E-state index is -0.520. The predicted octanol–water partition coefficient (Wildman–Crippen LogP) is 7.05. The van der Waals surface area contributed by atoms with Gasteiger partial charge in [-0.15, -0.1) is 0 Å². The van der Waals surface area contributed by atoms with E-state index in [0.29, 0.717) is 37.6 Å². The highest BCUT2D eigenvalue weighted by atomic mass is 35.5. The van der Waals surface area contributed by atoms with Gasteiger partial charge >= 0.3 is 12.2 Å². The van der Waals surface area contributed by atoms with E-state index in [9.17, 15) is 9.59 Å². The van der Waals surface area contributed by atoms with Crippen molar-refractivity contribution in [1.82, 2.24) is 20.4 Å².